The van der Waals surface area contributed by atoms with Gasteiger partial charge in [0.1, 0.15) is 36.6 Å². The van der Waals surface area contributed by atoms with E-state index < -0.39 is 74.2 Å². The van der Waals surface area contributed by atoms with Crippen molar-refractivity contribution >= 4 is 5.91 Å². The van der Waals surface area contributed by atoms with Gasteiger partial charge in [0.2, 0.25) is 5.91 Å². The Hall–Kier alpha value is -1.15. The van der Waals surface area contributed by atoms with Crippen molar-refractivity contribution in [1.82, 2.24) is 5.32 Å². The molecule has 11 heteroatoms. The fraction of sp³-hybridized carbons (Fsp3) is 0.947. The van der Waals surface area contributed by atoms with Crippen LogP contribution in [0.5, 0.6) is 0 Å². The highest BCUT2D eigenvalue weighted by atomic mass is 16.7. The summed E-state index contributed by atoms with van der Waals surface area (Å²) in [5.74, 6) is -0.710. The summed E-state index contributed by atoms with van der Waals surface area (Å²) < 4.78 is 11.1. The van der Waals surface area contributed by atoms with Gasteiger partial charge in [-0.05, 0) is 38.5 Å². The molecule has 9 unspecified atom stereocenters. The van der Waals surface area contributed by atoms with Crippen molar-refractivity contribution in [3.05, 3.63) is 12.2 Å². The van der Waals surface area contributed by atoms with Gasteiger partial charge in [-0.1, -0.05) is 251 Å². The number of unbranched alkanes of at least 4 members (excludes halogenated alkanes) is 36. The highest BCUT2D eigenvalue weighted by Gasteiger charge is 2.44. The maximum absolute atomic E-state index is 13.1. The van der Waals surface area contributed by atoms with Crippen molar-refractivity contribution in [3.8, 4) is 0 Å². The number of hydrogen-bond acceptors (Lipinski definition) is 10. The second-order valence-electron chi connectivity index (χ2n) is 20.7. The number of ether oxygens (including phenoxy) is 2. The quantitative estimate of drug-likeness (QED) is 0.0215. The third kappa shape index (κ3) is 35.1. The largest absolute Gasteiger partial charge is 0.394 e. The van der Waals surface area contributed by atoms with Crippen LogP contribution in [0.2, 0.25) is 0 Å². The highest BCUT2D eigenvalue weighted by molar-refractivity contribution is 5.80. The van der Waals surface area contributed by atoms with Gasteiger partial charge in [-0.15, -0.1) is 0 Å². The van der Waals surface area contributed by atoms with Gasteiger partial charge in [0.15, 0.2) is 6.29 Å². The Labute approximate surface area is 417 Å². The van der Waals surface area contributed by atoms with E-state index in [1.165, 1.54) is 199 Å². The summed E-state index contributed by atoms with van der Waals surface area (Å²) in [6.45, 7) is 3.45. The molecule has 0 aromatic heterocycles. The molecule has 11 nitrogen and oxygen atoms in total. The third-order valence-electron chi connectivity index (χ3n) is 14.3. The number of carbonyl (C=O) groups excluding carboxylic acids is 1. The summed E-state index contributed by atoms with van der Waals surface area (Å²) >= 11 is 0. The molecule has 8 N–H and O–H groups in total. The molecule has 1 aliphatic heterocycles. The molecular formula is C57H111NO10. The zero-order chi connectivity index (χ0) is 49.7. The van der Waals surface area contributed by atoms with Crippen molar-refractivity contribution in [2.45, 2.75) is 332 Å². The number of amides is 1. The molecule has 0 aromatic rings. The highest BCUT2D eigenvalue weighted by Crippen LogP contribution is 2.23. The van der Waals surface area contributed by atoms with Gasteiger partial charge in [-0.3, -0.25) is 4.79 Å². The zero-order valence-corrected chi connectivity index (χ0v) is 44.1. The van der Waals surface area contributed by atoms with Crippen LogP contribution in [0, 0.1) is 0 Å². The van der Waals surface area contributed by atoms with E-state index in [0.29, 0.717) is 19.3 Å². The number of aliphatic hydroxyl groups excluding tert-OH is 7. The Morgan fingerprint density at radius 1 is 0.500 bits per heavy atom. The van der Waals surface area contributed by atoms with E-state index in [1.807, 2.05) is 0 Å². The number of hydrogen-bond donors (Lipinski definition) is 8. The molecule has 9 atom stereocenters. The maximum Gasteiger partial charge on any atom is 0.249 e. The lowest BCUT2D eigenvalue weighted by Crippen LogP contribution is -2.60. The molecule has 0 aromatic carbocycles. The third-order valence-corrected chi connectivity index (χ3v) is 14.3. The summed E-state index contributed by atoms with van der Waals surface area (Å²) in [6.07, 6.45) is 42.9. The lowest BCUT2D eigenvalue weighted by Gasteiger charge is -2.40. The first-order valence-corrected chi connectivity index (χ1v) is 29.1. The summed E-state index contributed by atoms with van der Waals surface area (Å²) in [6, 6.07) is -1.17. The van der Waals surface area contributed by atoms with Crippen molar-refractivity contribution in [3.63, 3.8) is 0 Å². The van der Waals surface area contributed by atoms with E-state index >= 15 is 0 Å². The topological polar surface area (TPSA) is 189 Å². The Balaban J connectivity index is 2.22. The van der Waals surface area contributed by atoms with E-state index in [1.54, 1.807) is 0 Å². The second kappa shape index (κ2) is 46.9. The molecule has 1 rings (SSSR count). The molecular weight excluding hydrogens is 859 g/mol. The van der Waals surface area contributed by atoms with Gasteiger partial charge in [0.25, 0.3) is 0 Å². The zero-order valence-electron chi connectivity index (χ0n) is 44.1. The Morgan fingerprint density at radius 2 is 0.853 bits per heavy atom. The van der Waals surface area contributed by atoms with Crippen LogP contribution in [0.15, 0.2) is 12.2 Å². The number of aliphatic hydroxyl groups is 7. The average molecular weight is 971 g/mol. The van der Waals surface area contributed by atoms with Crippen molar-refractivity contribution in [2.75, 3.05) is 13.2 Å². The summed E-state index contributed by atoms with van der Waals surface area (Å²) in [4.78, 5) is 13.1. The molecule has 68 heavy (non-hydrogen) atoms. The van der Waals surface area contributed by atoms with E-state index in [9.17, 15) is 40.5 Å². The first-order valence-electron chi connectivity index (χ1n) is 29.1. The number of carbonyl (C=O) groups is 1. The molecule has 1 saturated heterocycles. The standard InChI is InChI=1S/C57H111NO10/c1-3-5-7-9-11-13-15-17-18-19-20-21-22-23-24-25-26-27-28-29-30-31-32-33-35-36-38-40-42-44-49(60)52(62)48(47-67-57-55(65)54(64)53(63)51(46-59)68-57)58-56(66)50(61)45-43-41-39-37-34-16-14-12-10-8-6-4-2/h34,37,48-55,57,59-65H,3-33,35-36,38-47H2,1-2H3,(H,58,66)/b37-34-. The van der Waals surface area contributed by atoms with Gasteiger partial charge >= 0.3 is 0 Å². The van der Waals surface area contributed by atoms with Crippen LogP contribution >= 0.6 is 0 Å². The van der Waals surface area contributed by atoms with E-state index in [2.05, 4.69) is 31.3 Å². The summed E-state index contributed by atoms with van der Waals surface area (Å²) in [5, 5.41) is 76.0. The number of nitrogens with one attached hydrogen (secondary N) is 1. The molecule has 1 aliphatic rings. The Morgan fingerprint density at radius 3 is 1.25 bits per heavy atom. The Bertz CT molecular complexity index is 1110. The molecule has 0 bridgehead atoms. The molecule has 0 aliphatic carbocycles. The molecule has 0 spiro atoms. The van der Waals surface area contributed by atoms with E-state index in [0.717, 1.165) is 38.5 Å². The Kier molecular flexibility index (Phi) is 44.7. The molecule has 404 valence electrons. The molecule has 0 saturated carbocycles. The van der Waals surface area contributed by atoms with Crippen molar-refractivity contribution in [2.24, 2.45) is 0 Å². The minimum atomic E-state index is -1.66. The van der Waals surface area contributed by atoms with Gasteiger partial charge in [-0.25, -0.2) is 0 Å². The predicted molar refractivity (Wildman–Crippen MR) is 279 cm³/mol. The SMILES string of the molecule is CCCCCCCC/C=C\CCCCC(O)C(=O)NC(COC1OC(CO)C(O)C(O)C1O)C(O)C(O)CCCCCCCCCCCCCCCCCCCCCCCCCCCCCCC. The fourth-order valence-corrected chi connectivity index (χ4v) is 9.56. The van der Waals surface area contributed by atoms with Crippen LogP contribution in [-0.2, 0) is 14.3 Å². The lowest BCUT2D eigenvalue weighted by molar-refractivity contribution is -0.303. The molecule has 1 heterocycles. The second-order valence-corrected chi connectivity index (χ2v) is 20.7. The molecule has 0 radical (unpaired) electrons. The summed E-state index contributed by atoms with van der Waals surface area (Å²) in [7, 11) is 0. The minimum Gasteiger partial charge on any atom is -0.394 e. The number of rotatable bonds is 50. The van der Waals surface area contributed by atoms with Gasteiger partial charge < -0.3 is 50.5 Å². The molecule has 1 fully saturated rings. The van der Waals surface area contributed by atoms with Gasteiger partial charge in [0, 0.05) is 0 Å². The normalized spacial score (nSPS) is 20.5. The first-order chi connectivity index (χ1) is 33.2. The number of allylic oxidation sites excluding steroid dienone is 2. The first kappa shape index (κ1) is 64.9. The van der Waals surface area contributed by atoms with Gasteiger partial charge in [0.05, 0.1) is 25.4 Å². The van der Waals surface area contributed by atoms with Crippen molar-refractivity contribution < 1.29 is 50.0 Å². The van der Waals surface area contributed by atoms with Crippen LogP contribution in [0.25, 0.3) is 0 Å². The van der Waals surface area contributed by atoms with E-state index in [-0.39, 0.29) is 6.42 Å². The monoisotopic (exact) mass is 970 g/mol. The van der Waals surface area contributed by atoms with Crippen LogP contribution in [0.4, 0.5) is 0 Å². The minimum absolute atomic E-state index is 0.232. The van der Waals surface area contributed by atoms with E-state index in [4.69, 9.17) is 9.47 Å². The predicted octanol–water partition coefficient (Wildman–Crippen LogP) is 12.0. The summed E-state index contributed by atoms with van der Waals surface area (Å²) in [5.41, 5.74) is 0. The van der Waals surface area contributed by atoms with Crippen LogP contribution < -0.4 is 5.32 Å². The smallest absolute Gasteiger partial charge is 0.249 e. The maximum atomic E-state index is 13.1. The van der Waals surface area contributed by atoms with Crippen LogP contribution in [-0.4, -0.2) is 110 Å². The molecule has 1 amide bonds. The van der Waals surface area contributed by atoms with Crippen molar-refractivity contribution in [1.29, 1.82) is 0 Å². The average Bonchev–Trinajstić information content (AvgIpc) is 3.34. The lowest BCUT2D eigenvalue weighted by atomic mass is 9.98. The van der Waals surface area contributed by atoms with Crippen LogP contribution in [0.3, 0.4) is 0 Å². The van der Waals surface area contributed by atoms with Crippen LogP contribution in [0.1, 0.15) is 277 Å². The fourth-order valence-electron chi connectivity index (χ4n) is 9.56. The van der Waals surface area contributed by atoms with Gasteiger partial charge in [-0.2, -0.15) is 0 Å².